The van der Waals surface area contributed by atoms with E-state index in [1.54, 1.807) is 0 Å². The van der Waals surface area contributed by atoms with Crippen LogP contribution in [0.3, 0.4) is 0 Å². The molecule has 2 unspecified atom stereocenters. The molecular formula is C10H16Cl2N2. The van der Waals surface area contributed by atoms with Gasteiger partial charge in [-0.1, -0.05) is 49.9 Å². The highest BCUT2D eigenvalue weighted by Gasteiger charge is 2.23. The number of rotatable bonds is 4. The molecule has 80 valence electrons. The van der Waals surface area contributed by atoms with E-state index in [2.05, 4.69) is 23.8 Å². The van der Waals surface area contributed by atoms with Gasteiger partial charge in [-0.25, -0.2) is 0 Å². The summed E-state index contributed by atoms with van der Waals surface area (Å²) < 4.78 is 0. The lowest BCUT2D eigenvalue weighted by atomic mass is 10.1. The summed E-state index contributed by atoms with van der Waals surface area (Å²) in [4.78, 5) is 8.74. The molecular weight excluding hydrogens is 219 g/mol. The zero-order chi connectivity index (χ0) is 10.6. The average molecular weight is 235 g/mol. The number of hydrogen-bond acceptors (Lipinski definition) is 2. The van der Waals surface area contributed by atoms with Crippen molar-refractivity contribution in [3.63, 3.8) is 0 Å². The van der Waals surface area contributed by atoms with Crippen LogP contribution in [-0.2, 0) is 0 Å². The predicted octanol–water partition coefficient (Wildman–Crippen LogP) is 3.61. The zero-order valence-corrected chi connectivity index (χ0v) is 10.1. The summed E-state index contributed by atoms with van der Waals surface area (Å²) in [5.41, 5.74) is 0. The molecule has 14 heavy (non-hydrogen) atoms. The van der Waals surface area contributed by atoms with E-state index in [-0.39, 0.29) is 12.1 Å². The molecule has 0 aliphatic carbocycles. The van der Waals surface area contributed by atoms with Crippen molar-refractivity contribution < 1.29 is 0 Å². The molecule has 0 N–H and O–H groups in total. The quantitative estimate of drug-likeness (QED) is 0.711. The highest BCUT2D eigenvalue weighted by atomic mass is 35.5. The maximum Gasteiger partial charge on any atom is 0.126 e. The summed E-state index contributed by atoms with van der Waals surface area (Å²) in [6, 6.07) is 0.00421. The molecule has 1 rings (SSSR count). The molecule has 1 aliphatic heterocycles. The van der Waals surface area contributed by atoms with Gasteiger partial charge < -0.3 is 0 Å². The molecule has 0 fully saturated rings. The minimum Gasteiger partial charge on any atom is -0.265 e. The van der Waals surface area contributed by atoms with E-state index in [1.165, 1.54) is 0 Å². The minimum atomic E-state index is 0.00210. The first kappa shape index (κ1) is 12.0. The Labute approximate surface area is 95.4 Å². The fourth-order valence-electron chi connectivity index (χ4n) is 1.49. The number of halogens is 2. The Morgan fingerprint density at radius 1 is 0.929 bits per heavy atom. The molecule has 4 heteroatoms. The van der Waals surface area contributed by atoms with Crippen molar-refractivity contribution in [2.24, 2.45) is 9.98 Å². The van der Waals surface area contributed by atoms with Gasteiger partial charge in [0.05, 0.1) is 0 Å². The maximum absolute atomic E-state index is 6.04. The summed E-state index contributed by atoms with van der Waals surface area (Å²) >= 11 is 12.1. The third kappa shape index (κ3) is 2.96. The van der Waals surface area contributed by atoms with E-state index in [4.69, 9.17) is 23.2 Å². The van der Waals surface area contributed by atoms with Gasteiger partial charge in [-0.3, -0.25) is 9.98 Å². The maximum atomic E-state index is 6.04. The lowest BCUT2D eigenvalue weighted by Gasteiger charge is -2.20. The second kappa shape index (κ2) is 5.72. The zero-order valence-electron chi connectivity index (χ0n) is 8.63. The van der Waals surface area contributed by atoms with Gasteiger partial charge in [-0.05, 0) is 12.8 Å². The van der Waals surface area contributed by atoms with Crippen LogP contribution in [0.1, 0.15) is 39.5 Å². The van der Waals surface area contributed by atoms with Gasteiger partial charge >= 0.3 is 0 Å². The lowest BCUT2D eigenvalue weighted by Crippen LogP contribution is -2.27. The van der Waals surface area contributed by atoms with Crippen LogP contribution >= 0.6 is 23.2 Å². The van der Waals surface area contributed by atoms with Crippen molar-refractivity contribution in [1.29, 1.82) is 0 Å². The van der Waals surface area contributed by atoms with Crippen LogP contribution in [0.25, 0.3) is 0 Å². The highest BCUT2D eigenvalue weighted by Crippen LogP contribution is 2.20. The average Bonchev–Trinajstić information content (AvgIpc) is 2.14. The minimum absolute atomic E-state index is 0.00210. The van der Waals surface area contributed by atoms with Crippen molar-refractivity contribution in [2.45, 2.75) is 51.6 Å². The van der Waals surface area contributed by atoms with E-state index >= 15 is 0 Å². The Bertz CT molecular complexity index is 223. The first-order chi connectivity index (χ1) is 6.69. The van der Waals surface area contributed by atoms with Crippen LogP contribution in [0.15, 0.2) is 9.98 Å². The molecule has 0 saturated carbocycles. The fraction of sp³-hybridized carbons (Fsp3) is 0.800. The van der Waals surface area contributed by atoms with Gasteiger partial charge in [-0.15, -0.1) is 0 Å². The smallest absolute Gasteiger partial charge is 0.126 e. The van der Waals surface area contributed by atoms with Crippen molar-refractivity contribution in [3.8, 4) is 0 Å². The van der Waals surface area contributed by atoms with Crippen LogP contribution < -0.4 is 0 Å². The molecule has 0 spiro atoms. The molecule has 0 aromatic heterocycles. The molecule has 2 atom stereocenters. The molecule has 0 amide bonds. The number of hydrogen-bond donors (Lipinski definition) is 0. The van der Waals surface area contributed by atoms with Gasteiger partial charge in [0.1, 0.15) is 22.4 Å². The van der Waals surface area contributed by atoms with Crippen molar-refractivity contribution >= 4 is 33.5 Å². The van der Waals surface area contributed by atoms with E-state index in [0.717, 1.165) is 25.7 Å². The Balaban J connectivity index is 2.68. The van der Waals surface area contributed by atoms with E-state index < -0.39 is 0 Å². The Morgan fingerprint density at radius 2 is 1.29 bits per heavy atom. The summed E-state index contributed by atoms with van der Waals surface area (Å²) in [7, 11) is 0. The first-order valence-electron chi connectivity index (χ1n) is 5.15. The molecule has 1 heterocycles. The fourth-order valence-corrected chi connectivity index (χ4v) is 2.04. The van der Waals surface area contributed by atoms with E-state index in [1.807, 2.05) is 0 Å². The van der Waals surface area contributed by atoms with Crippen LogP contribution in [0.5, 0.6) is 0 Å². The normalized spacial score (nSPS) is 27.1. The second-order valence-electron chi connectivity index (χ2n) is 3.51. The van der Waals surface area contributed by atoms with Crippen molar-refractivity contribution in [1.82, 2.24) is 0 Å². The molecule has 0 aromatic carbocycles. The summed E-state index contributed by atoms with van der Waals surface area (Å²) in [5, 5.41) is 1.24. The lowest BCUT2D eigenvalue weighted by molar-refractivity contribution is 0.682. The number of nitrogens with zero attached hydrogens (tertiary/aromatic N) is 2. The summed E-state index contributed by atoms with van der Waals surface area (Å²) in [6.45, 7) is 4.21. The van der Waals surface area contributed by atoms with Crippen LogP contribution in [-0.4, -0.2) is 22.4 Å². The highest BCUT2D eigenvalue weighted by molar-refractivity contribution is 6.70. The predicted molar refractivity (Wildman–Crippen MR) is 64.0 cm³/mol. The Hall–Kier alpha value is -0.0800. The van der Waals surface area contributed by atoms with Gasteiger partial charge in [-0.2, -0.15) is 0 Å². The molecule has 0 radical (unpaired) electrons. The topological polar surface area (TPSA) is 24.7 Å². The summed E-state index contributed by atoms with van der Waals surface area (Å²) in [6.07, 6.45) is 3.94. The standard InChI is InChI=1S/C10H16Cl2N2/c1-3-5-7-9(11)14-8(6-4-2)10(12)13-7/h7-8H,3-6H2,1-2H3. The third-order valence-corrected chi connectivity index (χ3v) is 2.93. The van der Waals surface area contributed by atoms with E-state index in [0.29, 0.717) is 10.3 Å². The van der Waals surface area contributed by atoms with Gasteiger partial charge in [0.25, 0.3) is 0 Å². The van der Waals surface area contributed by atoms with Gasteiger partial charge in [0.2, 0.25) is 0 Å². The third-order valence-electron chi connectivity index (χ3n) is 2.23. The number of aliphatic imine (C=N–C) groups is 2. The molecule has 0 bridgehead atoms. The van der Waals surface area contributed by atoms with Crippen molar-refractivity contribution in [2.75, 3.05) is 0 Å². The molecule has 2 nitrogen and oxygen atoms in total. The summed E-state index contributed by atoms with van der Waals surface area (Å²) in [5.74, 6) is 0. The Kier molecular flexibility index (Phi) is 4.90. The van der Waals surface area contributed by atoms with Crippen LogP contribution in [0, 0.1) is 0 Å². The van der Waals surface area contributed by atoms with E-state index in [9.17, 15) is 0 Å². The van der Waals surface area contributed by atoms with Gasteiger partial charge in [0.15, 0.2) is 0 Å². The Morgan fingerprint density at radius 3 is 1.57 bits per heavy atom. The molecule has 0 aromatic rings. The van der Waals surface area contributed by atoms with Crippen molar-refractivity contribution in [3.05, 3.63) is 0 Å². The molecule has 1 aliphatic rings. The monoisotopic (exact) mass is 234 g/mol. The second-order valence-corrected chi connectivity index (χ2v) is 4.29. The molecule has 0 saturated heterocycles. The van der Waals surface area contributed by atoms with Crippen LogP contribution in [0.4, 0.5) is 0 Å². The largest absolute Gasteiger partial charge is 0.265 e. The first-order valence-corrected chi connectivity index (χ1v) is 5.91. The SMILES string of the molecule is CCCC1N=C(Cl)C(CCC)N=C1Cl. The van der Waals surface area contributed by atoms with Gasteiger partial charge in [0, 0.05) is 0 Å². The van der Waals surface area contributed by atoms with Crippen LogP contribution in [0.2, 0.25) is 0 Å².